The van der Waals surface area contributed by atoms with E-state index in [9.17, 15) is 13.2 Å². The molecule has 0 aliphatic heterocycles. The maximum absolute atomic E-state index is 13.1. The standard InChI is InChI=1S/C20H25BrN2O5S/c1-6-23(29(5,25)26)17-12-19(28-4)18(27-3)11-16(17)20(24)22-13(2)14-7-9-15(21)10-8-14/h7-13H,6H2,1-5H3,(H,22,24)/t13-/m0/s1. The van der Waals surface area contributed by atoms with E-state index in [1.807, 2.05) is 31.2 Å². The highest BCUT2D eigenvalue weighted by molar-refractivity contribution is 9.10. The molecule has 0 spiro atoms. The van der Waals surface area contributed by atoms with Crippen LogP contribution in [0.3, 0.4) is 0 Å². The van der Waals surface area contributed by atoms with Crippen molar-refractivity contribution in [3.05, 3.63) is 52.0 Å². The number of methoxy groups -OCH3 is 2. The molecule has 0 saturated carbocycles. The van der Waals surface area contributed by atoms with E-state index >= 15 is 0 Å². The second kappa shape index (κ2) is 9.49. The van der Waals surface area contributed by atoms with Gasteiger partial charge in [-0.3, -0.25) is 9.10 Å². The number of hydrogen-bond acceptors (Lipinski definition) is 5. The zero-order chi connectivity index (χ0) is 21.8. The van der Waals surface area contributed by atoms with Crippen molar-refractivity contribution in [2.45, 2.75) is 19.9 Å². The predicted octanol–water partition coefficient (Wildman–Crippen LogP) is 3.74. The molecule has 158 valence electrons. The molecule has 7 nitrogen and oxygen atoms in total. The summed E-state index contributed by atoms with van der Waals surface area (Å²) < 4.78 is 37.3. The molecule has 2 aromatic carbocycles. The first kappa shape index (κ1) is 23.0. The minimum Gasteiger partial charge on any atom is -0.493 e. The van der Waals surface area contributed by atoms with Crippen LogP contribution in [0.1, 0.15) is 35.8 Å². The SMILES string of the molecule is CCN(c1cc(OC)c(OC)cc1C(=O)N[C@@H](C)c1ccc(Br)cc1)S(C)(=O)=O. The smallest absolute Gasteiger partial charge is 0.254 e. The molecule has 2 rings (SSSR count). The molecule has 1 amide bonds. The summed E-state index contributed by atoms with van der Waals surface area (Å²) in [7, 11) is -0.694. The van der Waals surface area contributed by atoms with Crippen LogP contribution in [-0.4, -0.2) is 41.3 Å². The van der Waals surface area contributed by atoms with Crippen LogP contribution in [0, 0.1) is 0 Å². The van der Waals surface area contributed by atoms with E-state index in [4.69, 9.17) is 9.47 Å². The van der Waals surface area contributed by atoms with Gasteiger partial charge in [-0.2, -0.15) is 0 Å². The maximum Gasteiger partial charge on any atom is 0.254 e. The summed E-state index contributed by atoms with van der Waals surface area (Å²) in [5.41, 5.74) is 1.33. The topological polar surface area (TPSA) is 84.9 Å². The molecule has 0 radical (unpaired) electrons. The number of nitrogens with zero attached hydrogens (tertiary/aromatic N) is 1. The van der Waals surface area contributed by atoms with Crippen molar-refractivity contribution in [2.24, 2.45) is 0 Å². The van der Waals surface area contributed by atoms with Gasteiger partial charge in [-0.15, -0.1) is 0 Å². The first-order valence-electron chi connectivity index (χ1n) is 8.92. The van der Waals surface area contributed by atoms with Crippen LogP contribution in [-0.2, 0) is 10.0 Å². The summed E-state index contributed by atoms with van der Waals surface area (Å²) in [6, 6.07) is 10.3. The second-order valence-electron chi connectivity index (χ2n) is 6.40. The molecular formula is C20H25BrN2O5S. The summed E-state index contributed by atoms with van der Waals surface area (Å²) in [5.74, 6) is 0.253. The highest BCUT2D eigenvalue weighted by Gasteiger charge is 2.26. The molecule has 2 aromatic rings. The van der Waals surface area contributed by atoms with Crippen LogP contribution in [0.2, 0.25) is 0 Å². The van der Waals surface area contributed by atoms with Gasteiger partial charge in [0, 0.05) is 17.1 Å². The fourth-order valence-electron chi connectivity index (χ4n) is 2.95. The Labute approximate surface area is 180 Å². The second-order valence-corrected chi connectivity index (χ2v) is 9.22. The van der Waals surface area contributed by atoms with E-state index in [1.165, 1.54) is 26.4 Å². The van der Waals surface area contributed by atoms with E-state index in [1.54, 1.807) is 6.92 Å². The third kappa shape index (κ3) is 5.42. The summed E-state index contributed by atoms with van der Waals surface area (Å²) >= 11 is 3.39. The zero-order valence-corrected chi connectivity index (χ0v) is 19.4. The van der Waals surface area contributed by atoms with Crippen LogP contribution in [0.15, 0.2) is 40.9 Å². The molecule has 0 unspecified atom stereocenters. The number of halogens is 1. The van der Waals surface area contributed by atoms with Crippen molar-refractivity contribution in [1.29, 1.82) is 0 Å². The lowest BCUT2D eigenvalue weighted by atomic mass is 10.1. The number of benzene rings is 2. The summed E-state index contributed by atoms with van der Waals surface area (Å²) in [5, 5.41) is 2.92. The number of nitrogens with one attached hydrogen (secondary N) is 1. The Morgan fingerprint density at radius 1 is 1.14 bits per heavy atom. The van der Waals surface area contributed by atoms with Gasteiger partial charge in [-0.25, -0.2) is 8.42 Å². The van der Waals surface area contributed by atoms with Gasteiger partial charge in [0.1, 0.15) is 0 Å². The third-order valence-electron chi connectivity index (χ3n) is 4.42. The Bertz CT molecular complexity index is 977. The van der Waals surface area contributed by atoms with Crippen molar-refractivity contribution in [3.8, 4) is 11.5 Å². The fraction of sp³-hybridized carbons (Fsp3) is 0.350. The van der Waals surface area contributed by atoms with Crippen molar-refractivity contribution in [2.75, 3.05) is 31.3 Å². The van der Waals surface area contributed by atoms with E-state index in [2.05, 4.69) is 21.2 Å². The highest BCUT2D eigenvalue weighted by atomic mass is 79.9. The van der Waals surface area contributed by atoms with Crippen LogP contribution < -0.4 is 19.1 Å². The number of rotatable bonds is 8. The quantitative estimate of drug-likeness (QED) is 0.616. The average Bonchev–Trinajstić information content (AvgIpc) is 2.67. The Hall–Kier alpha value is -2.26. The minimum absolute atomic E-state index is 0.164. The summed E-state index contributed by atoms with van der Waals surface area (Å²) in [6.07, 6.45) is 1.10. The average molecular weight is 485 g/mol. The molecule has 1 N–H and O–H groups in total. The van der Waals surface area contributed by atoms with Crippen molar-refractivity contribution < 1.29 is 22.7 Å². The minimum atomic E-state index is -3.60. The molecule has 9 heteroatoms. The monoisotopic (exact) mass is 484 g/mol. The molecule has 29 heavy (non-hydrogen) atoms. The van der Waals surface area contributed by atoms with Gasteiger partial charge >= 0.3 is 0 Å². The number of carbonyl (C=O) groups excluding carboxylic acids is 1. The van der Waals surface area contributed by atoms with E-state index in [0.29, 0.717) is 11.5 Å². The molecule has 0 fully saturated rings. The lowest BCUT2D eigenvalue weighted by Gasteiger charge is -2.25. The molecule has 0 bridgehead atoms. The van der Waals surface area contributed by atoms with Crippen molar-refractivity contribution >= 4 is 37.5 Å². The van der Waals surface area contributed by atoms with Gasteiger partial charge in [-0.1, -0.05) is 28.1 Å². The number of ether oxygens (including phenoxy) is 2. The third-order valence-corrected chi connectivity index (χ3v) is 6.20. The number of hydrogen-bond donors (Lipinski definition) is 1. The molecule has 1 atom stereocenters. The summed E-state index contributed by atoms with van der Waals surface area (Å²) in [4.78, 5) is 13.1. The van der Waals surface area contributed by atoms with Gasteiger partial charge in [-0.05, 0) is 37.6 Å². The lowest BCUT2D eigenvalue weighted by molar-refractivity contribution is 0.0940. The maximum atomic E-state index is 13.1. The number of anilines is 1. The van der Waals surface area contributed by atoms with E-state index < -0.39 is 15.9 Å². The first-order valence-corrected chi connectivity index (χ1v) is 11.6. The number of amides is 1. The van der Waals surface area contributed by atoms with Gasteiger partial charge in [0.25, 0.3) is 5.91 Å². The Kier molecular flexibility index (Phi) is 7.54. The van der Waals surface area contributed by atoms with Crippen LogP contribution in [0.4, 0.5) is 5.69 Å². The Morgan fingerprint density at radius 2 is 1.69 bits per heavy atom. The molecular weight excluding hydrogens is 460 g/mol. The van der Waals surface area contributed by atoms with Gasteiger partial charge in [0.05, 0.1) is 37.8 Å². The van der Waals surface area contributed by atoms with Gasteiger partial charge in [0.2, 0.25) is 10.0 Å². The van der Waals surface area contributed by atoms with E-state index in [-0.39, 0.29) is 23.8 Å². The Morgan fingerprint density at radius 3 is 2.17 bits per heavy atom. The van der Waals surface area contributed by atoms with Gasteiger partial charge < -0.3 is 14.8 Å². The van der Waals surface area contributed by atoms with Crippen molar-refractivity contribution in [3.63, 3.8) is 0 Å². The van der Waals surface area contributed by atoms with Gasteiger partial charge in [0.15, 0.2) is 11.5 Å². The van der Waals surface area contributed by atoms with Crippen LogP contribution in [0.5, 0.6) is 11.5 Å². The summed E-state index contributed by atoms with van der Waals surface area (Å²) in [6.45, 7) is 3.72. The largest absolute Gasteiger partial charge is 0.493 e. The molecule has 0 saturated heterocycles. The highest BCUT2D eigenvalue weighted by Crippen LogP contribution is 2.36. The number of carbonyl (C=O) groups is 1. The van der Waals surface area contributed by atoms with E-state index in [0.717, 1.165) is 20.6 Å². The van der Waals surface area contributed by atoms with Crippen LogP contribution in [0.25, 0.3) is 0 Å². The zero-order valence-electron chi connectivity index (χ0n) is 17.0. The predicted molar refractivity (Wildman–Crippen MR) is 117 cm³/mol. The Balaban J connectivity index is 2.50. The molecule has 0 heterocycles. The normalized spacial score (nSPS) is 12.2. The molecule has 0 aromatic heterocycles. The first-order chi connectivity index (χ1) is 13.6. The number of sulfonamides is 1. The molecule has 0 aliphatic carbocycles. The fourth-order valence-corrected chi connectivity index (χ4v) is 4.19. The van der Waals surface area contributed by atoms with Crippen LogP contribution >= 0.6 is 15.9 Å². The van der Waals surface area contributed by atoms with Crippen molar-refractivity contribution in [1.82, 2.24) is 5.32 Å². The lowest BCUT2D eigenvalue weighted by Crippen LogP contribution is -2.33. The molecule has 0 aliphatic rings.